The maximum Gasteiger partial charge on any atom is 0.239 e. The van der Waals surface area contributed by atoms with Crippen molar-refractivity contribution in [3.05, 3.63) is 42.0 Å². The van der Waals surface area contributed by atoms with E-state index in [1.165, 1.54) is 6.33 Å². The van der Waals surface area contributed by atoms with Crippen molar-refractivity contribution in [1.29, 1.82) is 0 Å². The first kappa shape index (κ1) is 21.7. The fourth-order valence-corrected chi connectivity index (χ4v) is 2.03. The zero-order valence-electron chi connectivity index (χ0n) is 15.0. The average Bonchev–Trinajstić information content (AvgIpc) is 3.05. The Bertz CT molecular complexity index is 716. The van der Waals surface area contributed by atoms with Crippen LogP contribution in [-0.4, -0.2) is 47.3 Å². The standard InChI is InChI=1S/C16H23N7O2.HI/c1-17-16(19-9-14-21-11-22-23(14)2)20-10-15(24)18-8-12-4-6-13(25-3)7-5-12;/h4-7,11H,8-10H2,1-3H3,(H,18,24)(H2,17,19,20);1H. The Hall–Kier alpha value is -2.37. The van der Waals surface area contributed by atoms with Gasteiger partial charge in [0.25, 0.3) is 0 Å². The number of hydrogen-bond acceptors (Lipinski definition) is 5. The molecule has 0 saturated carbocycles. The lowest BCUT2D eigenvalue weighted by Crippen LogP contribution is -2.43. The van der Waals surface area contributed by atoms with Crippen molar-refractivity contribution >= 4 is 35.8 Å². The minimum absolute atomic E-state index is 0. The van der Waals surface area contributed by atoms with E-state index in [9.17, 15) is 4.79 Å². The lowest BCUT2D eigenvalue weighted by Gasteiger charge is -2.12. The van der Waals surface area contributed by atoms with Gasteiger partial charge in [-0.05, 0) is 17.7 Å². The Morgan fingerprint density at radius 1 is 1.19 bits per heavy atom. The van der Waals surface area contributed by atoms with Crippen molar-refractivity contribution in [1.82, 2.24) is 30.7 Å². The zero-order chi connectivity index (χ0) is 18.1. The molecule has 1 amide bonds. The fraction of sp³-hybridized carbons (Fsp3) is 0.375. The van der Waals surface area contributed by atoms with Gasteiger partial charge >= 0.3 is 0 Å². The predicted molar refractivity (Wildman–Crippen MR) is 109 cm³/mol. The number of rotatable bonds is 7. The third kappa shape index (κ3) is 6.86. The Morgan fingerprint density at radius 3 is 2.50 bits per heavy atom. The summed E-state index contributed by atoms with van der Waals surface area (Å²) in [6, 6.07) is 7.54. The van der Waals surface area contributed by atoms with Crippen molar-refractivity contribution in [2.45, 2.75) is 13.1 Å². The van der Waals surface area contributed by atoms with Gasteiger partial charge in [0.15, 0.2) is 5.96 Å². The number of methoxy groups -OCH3 is 1. The molecule has 10 heteroatoms. The quantitative estimate of drug-likeness (QED) is 0.306. The summed E-state index contributed by atoms with van der Waals surface area (Å²) in [5, 5.41) is 12.9. The third-order valence-electron chi connectivity index (χ3n) is 3.51. The van der Waals surface area contributed by atoms with Crippen LogP contribution in [0.1, 0.15) is 11.4 Å². The number of halogens is 1. The van der Waals surface area contributed by atoms with E-state index < -0.39 is 0 Å². The number of ether oxygens (including phenoxy) is 1. The number of nitrogens with zero attached hydrogens (tertiary/aromatic N) is 4. The number of carbonyl (C=O) groups excluding carboxylic acids is 1. The van der Waals surface area contributed by atoms with Gasteiger partial charge in [0.2, 0.25) is 5.91 Å². The van der Waals surface area contributed by atoms with Gasteiger partial charge in [-0.25, -0.2) is 4.98 Å². The summed E-state index contributed by atoms with van der Waals surface area (Å²) in [7, 11) is 5.07. The average molecular weight is 473 g/mol. The molecule has 0 fully saturated rings. The monoisotopic (exact) mass is 473 g/mol. The molecule has 0 bridgehead atoms. The Kier molecular flexibility index (Phi) is 9.41. The van der Waals surface area contributed by atoms with Gasteiger partial charge in [0.05, 0.1) is 20.2 Å². The molecule has 0 aliphatic heterocycles. The fourth-order valence-electron chi connectivity index (χ4n) is 2.03. The van der Waals surface area contributed by atoms with Crippen LogP contribution in [0.25, 0.3) is 0 Å². The number of carbonyl (C=O) groups is 1. The van der Waals surface area contributed by atoms with Crippen LogP contribution < -0.4 is 20.7 Å². The summed E-state index contributed by atoms with van der Waals surface area (Å²) in [6.07, 6.45) is 1.49. The van der Waals surface area contributed by atoms with Crippen molar-refractivity contribution < 1.29 is 9.53 Å². The lowest BCUT2D eigenvalue weighted by atomic mass is 10.2. The zero-order valence-corrected chi connectivity index (χ0v) is 17.4. The number of hydrogen-bond donors (Lipinski definition) is 3. The molecule has 0 spiro atoms. The van der Waals surface area contributed by atoms with Crippen LogP contribution in [0.3, 0.4) is 0 Å². The van der Waals surface area contributed by atoms with E-state index in [0.29, 0.717) is 19.0 Å². The number of amides is 1. The minimum atomic E-state index is -0.127. The van der Waals surface area contributed by atoms with Crippen LogP contribution in [-0.2, 0) is 24.9 Å². The molecule has 0 unspecified atom stereocenters. The van der Waals surface area contributed by atoms with Gasteiger partial charge in [0.1, 0.15) is 17.9 Å². The number of nitrogens with one attached hydrogen (secondary N) is 3. The van der Waals surface area contributed by atoms with Gasteiger partial charge < -0.3 is 20.7 Å². The first-order valence-corrected chi connectivity index (χ1v) is 7.79. The smallest absolute Gasteiger partial charge is 0.239 e. The highest BCUT2D eigenvalue weighted by Crippen LogP contribution is 2.10. The van der Waals surface area contributed by atoms with Gasteiger partial charge in [-0.1, -0.05) is 12.1 Å². The van der Waals surface area contributed by atoms with Crippen molar-refractivity contribution in [3.63, 3.8) is 0 Å². The highest BCUT2D eigenvalue weighted by Gasteiger charge is 2.05. The summed E-state index contributed by atoms with van der Waals surface area (Å²) in [6.45, 7) is 1.04. The van der Waals surface area contributed by atoms with Crippen molar-refractivity contribution in [2.75, 3.05) is 20.7 Å². The SMILES string of the molecule is CN=C(NCC(=O)NCc1ccc(OC)cc1)NCc1ncnn1C.I. The molecule has 0 aliphatic rings. The molecule has 9 nitrogen and oxygen atoms in total. The van der Waals surface area contributed by atoms with Gasteiger partial charge in [-0.2, -0.15) is 5.10 Å². The second-order valence-corrected chi connectivity index (χ2v) is 5.20. The summed E-state index contributed by atoms with van der Waals surface area (Å²) in [4.78, 5) is 20.1. The Labute approximate surface area is 169 Å². The second kappa shape index (κ2) is 11.3. The van der Waals surface area contributed by atoms with E-state index in [1.807, 2.05) is 31.3 Å². The summed E-state index contributed by atoms with van der Waals surface area (Å²) >= 11 is 0. The van der Waals surface area contributed by atoms with Crippen LogP contribution in [0.4, 0.5) is 0 Å². The second-order valence-electron chi connectivity index (χ2n) is 5.20. The van der Waals surface area contributed by atoms with Crippen molar-refractivity contribution in [2.24, 2.45) is 12.0 Å². The summed E-state index contributed by atoms with van der Waals surface area (Å²) in [5.74, 6) is 1.95. The minimum Gasteiger partial charge on any atom is -0.497 e. The molecular formula is C16H24IN7O2. The molecule has 2 aromatic rings. The van der Waals surface area contributed by atoms with Crippen LogP contribution in [0, 0.1) is 0 Å². The molecule has 0 atom stereocenters. The predicted octanol–water partition coefficient (Wildman–Crippen LogP) is 0.423. The molecular weight excluding hydrogens is 449 g/mol. The van der Waals surface area contributed by atoms with E-state index in [0.717, 1.165) is 17.1 Å². The van der Waals surface area contributed by atoms with Crippen molar-refractivity contribution in [3.8, 4) is 5.75 Å². The van der Waals surface area contributed by atoms with E-state index in [-0.39, 0.29) is 36.4 Å². The molecule has 3 N–H and O–H groups in total. The molecule has 0 saturated heterocycles. The number of aliphatic imine (C=N–C) groups is 1. The van der Waals surface area contributed by atoms with E-state index in [2.05, 4.69) is 31.0 Å². The molecule has 0 radical (unpaired) electrons. The van der Waals surface area contributed by atoms with Crippen LogP contribution in [0.2, 0.25) is 0 Å². The largest absolute Gasteiger partial charge is 0.497 e. The van der Waals surface area contributed by atoms with E-state index >= 15 is 0 Å². The first-order valence-electron chi connectivity index (χ1n) is 7.79. The van der Waals surface area contributed by atoms with Gasteiger partial charge in [-0.15, -0.1) is 24.0 Å². The molecule has 1 aromatic heterocycles. The molecule has 1 aromatic carbocycles. The molecule has 26 heavy (non-hydrogen) atoms. The lowest BCUT2D eigenvalue weighted by molar-refractivity contribution is -0.120. The molecule has 0 aliphatic carbocycles. The van der Waals surface area contributed by atoms with Gasteiger partial charge in [-0.3, -0.25) is 14.5 Å². The Morgan fingerprint density at radius 2 is 1.92 bits per heavy atom. The van der Waals surface area contributed by atoms with E-state index in [1.54, 1.807) is 18.8 Å². The van der Waals surface area contributed by atoms with Crippen LogP contribution in [0.5, 0.6) is 5.75 Å². The number of benzene rings is 1. The molecule has 2 rings (SSSR count). The molecule has 142 valence electrons. The number of guanidine groups is 1. The maximum absolute atomic E-state index is 11.9. The normalized spacial score (nSPS) is 10.7. The summed E-state index contributed by atoms with van der Waals surface area (Å²) in [5.41, 5.74) is 0.999. The Balaban J connectivity index is 0.00000338. The highest BCUT2D eigenvalue weighted by atomic mass is 127. The van der Waals surface area contributed by atoms with E-state index in [4.69, 9.17) is 4.74 Å². The number of aromatic nitrogens is 3. The van der Waals surface area contributed by atoms with Crippen LogP contribution >= 0.6 is 24.0 Å². The van der Waals surface area contributed by atoms with Crippen LogP contribution in [0.15, 0.2) is 35.6 Å². The third-order valence-corrected chi connectivity index (χ3v) is 3.51. The van der Waals surface area contributed by atoms with Gasteiger partial charge in [0, 0.05) is 20.6 Å². The highest BCUT2D eigenvalue weighted by molar-refractivity contribution is 14.0. The first-order chi connectivity index (χ1) is 12.1. The molecule has 1 heterocycles. The maximum atomic E-state index is 11.9. The number of aryl methyl sites for hydroxylation is 1. The topological polar surface area (TPSA) is 105 Å². The summed E-state index contributed by atoms with van der Waals surface area (Å²) < 4.78 is 6.77.